The molecule has 0 radical (unpaired) electrons. The number of fused-ring (bicyclic) bond motifs is 2. The van der Waals surface area contributed by atoms with E-state index in [4.69, 9.17) is 0 Å². The summed E-state index contributed by atoms with van der Waals surface area (Å²) < 4.78 is 27.3. The Balaban J connectivity index is 1.64. The summed E-state index contributed by atoms with van der Waals surface area (Å²) in [6, 6.07) is 12.7. The number of hydrogen-bond acceptors (Lipinski definition) is 6. The van der Waals surface area contributed by atoms with Gasteiger partial charge in [0.05, 0.1) is 22.3 Å². The van der Waals surface area contributed by atoms with E-state index in [0.29, 0.717) is 28.7 Å². The van der Waals surface area contributed by atoms with E-state index in [1.54, 1.807) is 49.5 Å². The number of aliphatic imine (C=N–C) groups is 1. The largest absolute Gasteiger partial charge is 0.336 e. The molecule has 0 unspecified atom stereocenters. The van der Waals surface area contributed by atoms with Gasteiger partial charge in [-0.3, -0.25) is 19.3 Å². The number of carbonyl (C=O) groups is 1. The lowest BCUT2D eigenvalue weighted by Gasteiger charge is -2.25. The Morgan fingerprint density at radius 3 is 2.61 bits per heavy atom. The molecule has 0 spiro atoms. The second-order valence-corrected chi connectivity index (χ2v) is 9.78. The number of nitrogens with zero attached hydrogens (tertiary/aromatic N) is 3. The van der Waals surface area contributed by atoms with Crippen LogP contribution in [0.25, 0.3) is 10.9 Å². The number of nitrogens with one attached hydrogen (secondary N) is 2. The van der Waals surface area contributed by atoms with Crippen LogP contribution in [0.4, 0.5) is 0 Å². The van der Waals surface area contributed by atoms with E-state index >= 15 is 0 Å². The number of para-hydroxylation sites is 1. The number of hydrogen-bond donors (Lipinski definition) is 2. The maximum atomic E-state index is 13.4. The van der Waals surface area contributed by atoms with E-state index in [0.717, 1.165) is 0 Å². The van der Waals surface area contributed by atoms with Gasteiger partial charge in [0.2, 0.25) is 5.91 Å². The number of aromatic nitrogens is 2. The van der Waals surface area contributed by atoms with Crippen molar-refractivity contribution in [3.8, 4) is 0 Å². The Hall–Kier alpha value is -3.53. The van der Waals surface area contributed by atoms with Crippen molar-refractivity contribution in [3.05, 3.63) is 70.3 Å². The zero-order valence-electron chi connectivity index (χ0n) is 18.6. The van der Waals surface area contributed by atoms with Crippen molar-refractivity contribution in [2.45, 2.75) is 37.8 Å². The van der Waals surface area contributed by atoms with Crippen molar-refractivity contribution < 1.29 is 13.2 Å². The fraction of sp³-hybridized carbons (Fsp3) is 0.304. The Morgan fingerprint density at radius 1 is 1.15 bits per heavy atom. The summed E-state index contributed by atoms with van der Waals surface area (Å²) in [5, 5.41) is 0.478. The molecule has 1 aliphatic rings. The molecule has 2 atom stereocenters. The highest BCUT2D eigenvalue weighted by atomic mass is 32.2. The normalized spacial score (nSPS) is 17.4. The molecule has 1 amide bonds. The van der Waals surface area contributed by atoms with Gasteiger partial charge in [-0.05, 0) is 30.2 Å². The van der Waals surface area contributed by atoms with E-state index < -0.39 is 16.1 Å². The Kier molecular flexibility index (Phi) is 6.03. The number of amidine groups is 1. The molecule has 2 heterocycles. The number of benzene rings is 2. The van der Waals surface area contributed by atoms with Gasteiger partial charge in [0.1, 0.15) is 17.7 Å². The number of carbonyl (C=O) groups excluding carboxylic acids is 1. The standard InChI is InChI=1S/C23H25N5O4S/c1-4-14(2)20(26-21-16-10-6-8-12-18(16)33(31,32)27-21)23(30)28(3)13-19-24-17-11-7-5-9-15(17)22(29)25-19/h5-12,14,20H,4,13H2,1-3H3,(H,26,27)(H,24,25,29)/t14-,20-/m0/s1. The lowest BCUT2D eigenvalue weighted by atomic mass is 9.98. The zero-order valence-corrected chi connectivity index (χ0v) is 19.4. The van der Waals surface area contributed by atoms with Crippen LogP contribution >= 0.6 is 0 Å². The minimum absolute atomic E-state index is 0.0824. The summed E-state index contributed by atoms with van der Waals surface area (Å²) in [6.07, 6.45) is 0.667. The molecule has 2 N–H and O–H groups in total. The molecule has 4 rings (SSSR count). The third-order valence-electron chi connectivity index (χ3n) is 5.79. The van der Waals surface area contributed by atoms with Gasteiger partial charge < -0.3 is 9.88 Å². The summed E-state index contributed by atoms with van der Waals surface area (Å²) in [5.74, 6) is 0.0801. The summed E-state index contributed by atoms with van der Waals surface area (Å²) >= 11 is 0. The van der Waals surface area contributed by atoms with Gasteiger partial charge in [-0.25, -0.2) is 13.4 Å². The Bertz CT molecular complexity index is 1410. The summed E-state index contributed by atoms with van der Waals surface area (Å²) in [5.41, 5.74) is 0.724. The highest BCUT2D eigenvalue weighted by molar-refractivity contribution is 7.90. The predicted molar refractivity (Wildman–Crippen MR) is 125 cm³/mol. The molecule has 172 valence electrons. The first kappa shape index (κ1) is 22.7. The SMILES string of the molecule is CC[C@H](C)[C@H](N=C1NS(=O)(=O)c2ccccc21)C(=O)N(C)Cc1nc2ccccc2c(=O)[nH]1. The molecular weight excluding hydrogens is 442 g/mol. The summed E-state index contributed by atoms with van der Waals surface area (Å²) in [6.45, 7) is 3.92. The van der Waals surface area contributed by atoms with Crippen LogP contribution in [-0.4, -0.2) is 48.1 Å². The van der Waals surface area contributed by atoms with Gasteiger partial charge in [-0.1, -0.05) is 44.5 Å². The van der Waals surface area contributed by atoms with Gasteiger partial charge in [-0.15, -0.1) is 0 Å². The van der Waals surface area contributed by atoms with E-state index in [-0.39, 0.29) is 34.7 Å². The third-order valence-corrected chi connectivity index (χ3v) is 7.19. The lowest BCUT2D eigenvalue weighted by Crippen LogP contribution is -2.40. The van der Waals surface area contributed by atoms with Crippen molar-refractivity contribution in [1.29, 1.82) is 0 Å². The Morgan fingerprint density at radius 2 is 1.85 bits per heavy atom. The third kappa shape index (κ3) is 4.38. The molecule has 9 nitrogen and oxygen atoms in total. The quantitative estimate of drug-likeness (QED) is 0.574. The predicted octanol–water partition coefficient (Wildman–Crippen LogP) is 2.03. The average Bonchev–Trinajstić information content (AvgIpc) is 3.06. The van der Waals surface area contributed by atoms with Gasteiger partial charge in [-0.2, -0.15) is 0 Å². The maximum absolute atomic E-state index is 13.4. The molecule has 0 fully saturated rings. The van der Waals surface area contributed by atoms with Crippen LogP contribution < -0.4 is 10.3 Å². The van der Waals surface area contributed by atoms with Crippen LogP contribution in [0.2, 0.25) is 0 Å². The smallest absolute Gasteiger partial charge is 0.263 e. The minimum atomic E-state index is -3.71. The number of amides is 1. The summed E-state index contributed by atoms with van der Waals surface area (Å²) in [4.78, 5) is 39.1. The fourth-order valence-corrected chi connectivity index (χ4v) is 5.00. The summed E-state index contributed by atoms with van der Waals surface area (Å²) in [7, 11) is -2.10. The van der Waals surface area contributed by atoms with Crippen LogP contribution in [0.1, 0.15) is 31.7 Å². The highest BCUT2D eigenvalue weighted by Crippen LogP contribution is 2.24. The van der Waals surface area contributed by atoms with Gasteiger partial charge in [0.15, 0.2) is 0 Å². The maximum Gasteiger partial charge on any atom is 0.263 e. The van der Waals surface area contributed by atoms with Crippen LogP contribution in [0.5, 0.6) is 0 Å². The monoisotopic (exact) mass is 467 g/mol. The van der Waals surface area contributed by atoms with Crippen molar-refractivity contribution in [1.82, 2.24) is 19.6 Å². The van der Waals surface area contributed by atoms with Crippen LogP contribution in [0, 0.1) is 5.92 Å². The number of H-pyrrole nitrogens is 1. The molecule has 1 aromatic heterocycles. The highest BCUT2D eigenvalue weighted by Gasteiger charge is 2.34. The molecule has 0 saturated carbocycles. The number of rotatable bonds is 6. The fourth-order valence-electron chi connectivity index (χ4n) is 3.76. The molecule has 0 bridgehead atoms. The molecular formula is C23H25N5O4S. The van der Waals surface area contributed by atoms with Crippen molar-refractivity contribution >= 4 is 32.7 Å². The molecule has 10 heteroatoms. The molecule has 1 aliphatic heterocycles. The molecule has 0 aliphatic carbocycles. The van der Waals surface area contributed by atoms with Crippen LogP contribution in [-0.2, 0) is 21.4 Å². The average molecular weight is 468 g/mol. The van der Waals surface area contributed by atoms with Crippen molar-refractivity contribution in [2.75, 3.05) is 7.05 Å². The van der Waals surface area contributed by atoms with Crippen LogP contribution in [0.3, 0.4) is 0 Å². The van der Waals surface area contributed by atoms with E-state index in [1.165, 1.54) is 11.0 Å². The van der Waals surface area contributed by atoms with E-state index in [1.807, 2.05) is 13.8 Å². The molecule has 2 aromatic carbocycles. The number of likely N-dealkylation sites (N-methyl/N-ethyl adjacent to an activating group) is 1. The van der Waals surface area contributed by atoms with Gasteiger partial charge >= 0.3 is 0 Å². The first-order chi connectivity index (χ1) is 15.7. The second-order valence-electron chi connectivity index (χ2n) is 8.13. The minimum Gasteiger partial charge on any atom is -0.336 e. The number of sulfonamides is 1. The second kappa shape index (κ2) is 8.78. The lowest BCUT2D eigenvalue weighted by molar-refractivity contribution is -0.133. The van der Waals surface area contributed by atoms with Crippen molar-refractivity contribution in [2.24, 2.45) is 10.9 Å². The Labute approximate surface area is 191 Å². The van der Waals surface area contributed by atoms with Crippen LogP contribution in [0.15, 0.2) is 63.2 Å². The molecule has 3 aromatic rings. The van der Waals surface area contributed by atoms with E-state index in [2.05, 4.69) is 19.7 Å². The first-order valence-electron chi connectivity index (χ1n) is 10.6. The van der Waals surface area contributed by atoms with E-state index in [9.17, 15) is 18.0 Å². The topological polar surface area (TPSA) is 125 Å². The van der Waals surface area contributed by atoms with Gasteiger partial charge in [0, 0.05) is 12.6 Å². The zero-order chi connectivity index (χ0) is 23.8. The molecule has 0 saturated heterocycles. The molecule has 33 heavy (non-hydrogen) atoms. The first-order valence-corrected chi connectivity index (χ1v) is 12.1. The van der Waals surface area contributed by atoms with Crippen molar-refractivity contribution in [3.63, 3.8) is 0 Å². The number of aromatic amines is 1. The van der Waals surface area contributed by atoms with Gasteiger partial charge in [0.25, 0.3) is 15.6 Å².